The summed E-state index contributed by atoms with van der Waals surface area (Å²) in [5.74, 6) is 0. The number of nitrogens with one attached hydrogen (secondary N) is 1. The number of nitro groups is 2. The summed E-state index contributed by atoms with van der Waals surface area (Å²) < 4.78 is 35.0. The van der Waals surface area contributed by atoms with Gasteiger partial charge >= 0.3 is 0 Å². The van der Waals surface area contributed by atoms with Crippen LogP contribution in [0, 0.1) is 25.0 Å². The fraction of sp³-hybridized carbons (Fsp3) is 0.368. The van der Waals surface area contributed by atoms with Crippen molar-refractivity contribution in [2.75, 3.05) is 12.5 Å². The average molecular weight is 473 g/mol. The molecule has 0 saturated carbocycles. The Morgan fingerprint density at radius 3 is 1.39 bits per heavy atom. The minimum absolute atomic E-state index is 0. The lowest BCUT2D eigenvalue weighted by molar-refractivity contribution is -0.385. The van der Waals surface area contributed by atoms with Gasteiger partial charge in [0.15, 0.2) is 0 Å². The molecular formula is C19H28N4O6S2. The van der Waals surface area contributed by atoms with E-state index in [1.54, 1.807) is 6.26 Å². The topological polar surface area (TPSA) is 157 Å². The number of hydrogen-bond acceptors (Lipinski definition) is 8. The monoisotopic (exact) mass is 472 g/mol. The van der Waals surface area contributed by atoms with Crippen LogP contribution in [0.25, 0.3) is 0 Å². The van der Waals surface area contributed by atoms with Crippen molar-refractivity contribution >= 4 is 30.8 Å². The summed E-state index contributed by atoms with van der Waals surface area (Å²) in [6, 6.07) is 10.8. The second-order valence-electron chi connectivity index (χ2n) is 7.41. The van der Waals surface area contributed by atoms with Crippen molar-refractivity contribution in [1.29, 1.82) is 4.78 Å². The summed E-state index contributed by atoms with van der Waals surface area (Å²) in [4.78, 5) is 20.5. The van der Waals surface area contributed by atoms with Gasteiger partial charge in [0.2, 0.25) is 0 Å². The fourth-order valence-electron chi connectivity index (χ4n) is 2.22. The summed E-state index contributed by atoms with van der Waals surface area (Å²) in [7, 11) is -5.28. The Hall–Kier alpha value is -2.86. The van der Waals surface area contributed by atoms with Gasteiger partial charge in [-0.15, -0.1) is 0 Å². The van der Waals surface area contributed by atoms with Crippen LogP contribution in [0.15, 0.2) is 62.7 Å². The largest absolute Gasteiger partial charge is 0.269 e. The smallest absolute Gasteiger partial charge is 0.258 e. The van der Waals surface area contributed by atoms with Crippen LogP contribution in [0.3, 0.4) is 0 Å². The molecule has 0 aliphatic carbocycles. The molecule has 2 aromatic rings. The maximum Gasteiger partial charge on any atom is 0.269 e. The highest BCUT2D eigenvalue weighted by atomic mass is 32.2. The highest BCUT2D eigenvalue weighted by Crippen LogP contribution is 2.20. The van der Waals surface area contributed by atoms with E-state index in [1.807, 2.05) is 20.8 Å². The van der Waals surface area contributed by atoms with Gasteiger partial charge in [0.25, 0.3) is 11.4 Å². The molecule has 0 radical (unpaired) electrons. The molecule has 172 valence electrons. The molecule has 0 amide bonds. The maximum atomic E-state index is 12.3. The first kappa shape index (κ1) is 28.1. The summed E-state index contributed by atoms with van der Waals surface area (Å²) in [5, 5.41) is 20.8. The van der Waals surface area contributed by atoms with Crippen LogP contribution < -0.4 is 0 Å². The highest BCUT2D eigenvalue weighted by molar-refractivity contribution is 7.93. The number of non-ortho nitro benzene ring substituents is 2. The number of nitro benzene ring substituents is 2. The second-order valence-corrected chi connectivity index (χ2v) is 11.8. The van der Waals surface area contributed by atoms with E-state index < -0.39 is 34.8 Å². The first-order chi connectivity index (χ1) is 13.5. The van der Waals surface area contributed by atoms with E-state index in [1.165, 1.54) is 54.8 Å². The molecule has 10 nitrogen and oxygen atoms in total. The average Bonchev–Trinajstić information content (AvgIpc) is 2.59. The minimum atomic E-state index is -2.77. The van der Waals surface area contributed by atoms with Gasteiger partial charge in [0.1, 0.15) is 0 Å². The van der Waals surface area contributed by atoms with Crippen molar-refractivity contribution in [3.8, 4) is 0 Å². The van der Waals surface area contributed by atoms with Gasteiger partial charge in [-0.05, 0) is 45.0 Å². The van der Waals surface area contributed by atoms with Crippen LogP contribution in [0.1, 0.15) is 28.2 Å². The van der Waals surface area contributed by atoms with Crippen molar-refractivity contribution in [2.45, 2.75) is 43.5 Å². The molecule has 0 heterocycles. The van der Waals surface area contributed by atoms with Crippen LogP contribution in [0.2, 0.25) is 0 Å². The molecule has 0 saturated heterocycles. The van der Waals surface area contributed by atoms with E-state index in [2.05, 4.69) is 4.36 Å². The molecule has 12 heteroatoms. The van der Waals surface area contributed by atoms with Crippen LogP contribution in [0.4, 0.5) is 11.4 Å². The third-order valence-corrected chi connectivity index (χ3v) is 6.64. The molecule has 0 aliphatic rings. The molecule has 0 aliphatic heterocycles. The Labute approximate surface area is 183 Å². The highest BCUT2D eigenvalue weighted by Gasteiger charge is 2.15. The summed E-state index contributed by atoms with van der Waals surface area (Å²) >= 11 is 0. The van der Waals surface area contributed by atoms with Gasteiger partial charge in [-0.3, -0.25) is 20.2 Å². The van der Waals surface area contributed by atoms with Crippen LogP contribution in [-0.2, 0) is 19.5 Å². The number of rotatable bonds is 4. The SMILES string of the molecule is C.CC(C)(C)N=S(C)(=O)c1ccc([N+](=O)[O-])cc1.CS(=N)(=O)c1ccc([N+](=O)[O-])cc1. The Kier molecular flexibility index (Phi) is 9.48. The Bertz CT molecular complexity index is 1140. The molecule has 0 bridgehead atoms. The predicted octanol–water partition coefficient (Wildman–Crippen LogP) is 5.12. The third kappa shape index (κ3) is 9.22. The minimum Gasteiger partial charge on any atom is -0.258 e. The summed E-state index contributed by atoms with van der Waals surface area (Å²) in [5.41, 5.74) is -0.486. The van der Waals surface area contributed by atoms with Crippen molar-refractivity contribution in [1.82, 2.24) is 0 Å². The molecule has 1 N–H and O–H groups in total. The Morgan fingerprint density at radius 1 is 0.806 bits per heavy atom. The number of nitrogens with zero attached hydrogens (tertiary/aromatic N) is 3. The fourth-order valence-corrected chi connectivity index (χ4v) is 4.67. The number of hydrogen-bond donors (Lipinski definition) is 1. The lowest BCUT2D eigenvalue weighted by Gasteiger charge is -2.15. The summed E-state index contributed by atoms with van der Waals surface area (Å²) in [6.07, 6.45) is 2.81. The quantitative estimate of drug-likeness (QED) is 0.481. The lowest BCUT2D eigenvalue weighted by Crippen LogP contribution is -2.13. The van der Waals surface area contributed by atoms with Crippen molar-refractivity contribution in [3.05, 3.63) is 68.8 Å². The molecule has 2 rings (SSSR count). The Morgan fingerprint density at radius 2 is 1.13 bits per heavy atom. The van der Waals surface area contributed by atoms with E-state index in [9.17, 15) is 28.6 Å². The standard InChI is InChI=1S/C11H16N2O3S.C7H8N2O3S.CH4/c1-11(2,3)12-17(4,16)10-7-5-9(6-8-10)13(14)15;1-13(8,12)7-4-2-6(3-5-7)9(10)11;/h5-8H,1-4H3;2-5,8H,1H3;1H4. The lowest BCUT2D eigenvalue weighted by atomic mass is 10.1. The molecule has 2 unspecified atom stereocenters. The van der Waals surface area contributed by atoms with Crippen LogP contribution >= 0.6 is 0 Å². The van der Waals surface area contributed by atoms with Gasteiger partial charge < -0.3 is 0 Å². The Balaban J connectivity index is 0.000000581. The molecule has 0 aromatic heterocycles. The zero-order valence-corrected chi connectivity index (χ0v) is 18.9. The van der Waals surface area contributed by atoms with Gasteiger partial charge in [0.05, 0.1) is 34.8 Å². The summed E-state index contributed by atoms with van der Waals surface area (Å²) in [6.45, 7) is 5.59. The van der Waals surface area contributed by atoms with Crippen molar-refractivity contribution in [3.63, 3.8) is 0 Å². The van der Waals surface area contributed by atoms with E-state index in [-0.39, 0.29) is 18.8 Å². The van der Waals surface area contributed by atoms with Gasteiger partial charge in [-0.2, -0.15) is 0 Å². The second kappa shape index (κ2) is 10.4. The normalized spacial score (nSPS) is 14.5. The van der Waals surface area contributed by atoms with Crippen molar-refractivity contribution < 1.29 is 18.3 Å². The van der Waals surface area contributed by atoms with Crippen LogP contribution in [-0.4, -0.2) is 36.3 Å². The molecule has 0 spiro atoms. The zero-order valence-electron chi connectivity index (χ0n) is 17.2. The van der Waals surface area contributed by atoms with E-state index in [0.29, 0.717) is 9.79 Å². The molecule has 2 aromatic carbocycles. The zero-order chi connectivity index (χ0) is 23.3. The van der Waals surface area contributed by atoms with E-state index in [4.69, 9.17) is 4.78 Å². The number of benzene rings is 2. The van der Waals surface area contributed by atoms with Gasteiger partial charge in [-0.1, -0.05) is 7.43 Å². The van der Waals surface area contributed by atoms with Gasteiger partial charge in [-0.25, -0.2) is 17.6 Å². The maximum absolute atomic E-state index is 12.3. The molecule has 31 heavy (non-hydrogen) atoms. The third-order valence-electron chi connectivity index (χ3n) is 3.43. The van der Waals surface area contributed by atoms with E-state index >= 15 is 0 Å². The van der Waals surface area contributed by atoms with E-state index in [0.717, 1.165) is 0 Å². The predicted molar refractivity (Wildman–Crippen MR) is 122 cm³/mol. The molecular weight excluding hydrogens is 444 g/mol. The first-order valence-electron chi connectivity index (χ1n) is 8.49. The van der Waals surface area contributed by atoms with Gasteiger partial charge in [0, 0.05) is 46.6 Å². The van der Waals surface area contributed by atoms with Crippen molar-refractivity contribution in [2.24, 2.45) is 4.36 Å². The molecule has 2 atom stereocenters. The first-order valence-corrected chi connectivity index (χ1v) is 12.4. The van der Waals surface area contributed by atoms with Crippen LogP contribution in [0.5, 0.6) is 0 Å². The molecule has 0 fully saturated rings.